The minimum atomic E-state index is -3.79. The Bertz CT molecular complexity index is 621. The minimum absolute atomic E-state index is 0.0138. The quantitative estimate of drug-likeness (QED) is 0.914. The number of hydrogen-bond acceptors (Lipinski definition) is 3. The Balaban J connectivity index is 2.39. The summed E-state index contributed by atoms with van der Waals surface area (Å²) in [5.74, 6) is -0.128. The lowest BCUT2D eigenvalue weighted by molar-refractivity contribution is 0.0650. The maximum Gasteiger partial charge on any atom is 0.254 e. The van der Waals surface area contributed by atoms with Gasteiger partial charge in [0, 0.05) is 18.7 Å². The van der Waals surface area contributed by atoms with Gasteiger partial charge in [-0.2, -0.15) is 0 Å². The zero-order valence-corrected chi connectivity index (χ0v) is 12.6. The van der Waals surface area contributed by atoms with Gasteiger partial charge in [0.2, 0.25) is 10.0 Å². The van der Waals surface area contributed by atoms with Crippen molar-refractivity contribution in [1.29, 1.82) is 0 Å². The van der Waals surface area contributed by atoms with Crippen LogP contribution < -0.4 is 5.14 Å². The van der Waals surface area contributed by atoms with Crippen LogP contribution >= 0.6 is 0 Å². The average molecular weight is 296 g/mol. The Hall–Kier alpha value is -1.40. The third kappa shape index (κ3) is 2.86. The van der Waals surface area contributed by atoms with Crippen molar-refractivity contribution in [2.24, 2.45) is 5.14 Å². The van der Waals surface area contributed by atoms with Crippen molar-refractivity contribution in [3.05, 3.63) is 29.3 Å². The van der Waals surface area contributed by atoms with E-state index in [1.807, 2.05) is 6.92 Å². The van der Waals surface area contributed by atoms with Crippen molar-refractivity contribution in [2.45, 2.75) is 43.5 Å². The van der Waals surface area contributed by atoms with Crippen molar-refractivity contribution < 1.29 is 13.2 Å². The van der Waals surface area contributed by atoms with Crippen molar-refractivity contribution in [3.8, 4) is 0 Å². The molecule has 0 bridgehead atoms. The summed E-state index contributed by atoms with van der Waals surface area (Å²) in [5.41, 5.74) is 1.28. The maximum absolute atomic E-state index is 12.5. The van der Waals surface area contributed by atoms with E-state index in [0.717, 1.165) is 24.8 Å². The summed E-state index contributed by atoms with van der Waals surface area (Å²) in [4.78, 5) is 14.2. The van der Waals surface area contributed by atoms with Crippen LogP contribution in [0.25, 0.3) is 0 Å². The number of carbonyl (C=O) groups excluding carboxylic acids is 1. The highest BCUT2D eigenvalue weighted by Crippen LogP contribution is 2.26. The molecule has 0 heterocycles. The van der Waals surface area contributed by atoms with Crippen molar-refractivity contribution in [2.75, 3.05) is 7.05 Å². The first-order valence-corrected chi connectivity index (χ1v) is 8.32. The first kappa shape index (κ1) is 15.0. The summed E-state index contributed by atoms with van der Waals surface area (Å²) in [6.07, 6.45) is 3.84. The fraction of sp³-hybridized carbons (Fsp3) is 0.500. The topological polar surface area (TPSA) is 80.5 Å². The van der Waals surface area contributed by atoms with Crippen LogP contribution in [0.4, 0.5) is 0 Å². The number of hydrogen-bond donors (Lipinski definition) is 1. The lowest BCUT2D eigenvalue weighted by Crippen LogP contribution is -2.41. The third-order valence-electron chi connectivity index (χ3n) is 3.96. The summed E-state index contributed by atoms with van der Waals surface area (Å²) in [7, 11) is -2.02. The second-order valence-corrected chi connectivity index (χ2v) is 6.78. The molecular formula is C14H20N2O3S. The largest absolute Gasteiger partial charge is 0.339 e. The van der Waals surface area contributed by atoms with Crippen LogP contribution in [0, 0.1) is 0 Å². The van der Waals surface area contributed by atoms with Crippen LogP contribution in [0.1, 0.15) is 42.1 Å². The first-order chi connectivity index (χ1) is 9.34. The van der Waals surface area contributed by atoms with Gasteiger partial charge in [0.15, 0.2) is 0 Å². The maximum atomic E-state index is 12.5. The molecule has 0 aliphatic heterocycles. The summed E-state index contributed by atoms with van der Waals surface area (Å²) >= 11 is 0. The highest BCUT2D eigenvalue weighted by atomic mass is 32.2. The van der Waals surface area contributed by atoms with Gasteiger partial charge >= 0.3 is 0 Å². The molecule has 0 saturated heterocycles. The molecule has 0 unspecified atom stereocenters. The molecule has 0 atom stereocenters. The lowest BCUT2D eigenvalue weighted by atomic mass is 9.91. The molecule has 6 heteroatoms. The second-order valence-electron chi connectivity index (χ2n) is 5.22. The Morgan fingerprint density at radius 3 is 2.50 bits per heavy atom. The Morgan fingerprint density at radius 1 is 1.40 bits per heavy atom. The molecule has 20 heavy (non-hydrogen) atoms. The van der Waals surface area contributed by atoms with E-state index in [9.17, 15) is 13.2 Å². The predicted octanol–water partition coefficient (Wildman–Crippen LogP) is 1.52. The fourth-order valence-electron chi connectivity index (χ4n) is 2.37. The second kappa shape index (κ2) is 5.54. The monoisotopic (exact) mass is 296 g/mol. The van der Waals surface area contributed by atoms with Crippen LogP contribution in [-0.4, -0.2) is 32.3 Å². The highest BCUT2D eigenvalue weighted by Gasteiger charge is 2.27. The van der Waals surface area contributed by atoms with Crippen molar-refractivity contribution >= 4 is 15.9 Å². The normalized spacial score (nSPS) is 15.8. The van der Waals surface area contributed by atoms with Gasteiger partial charge in [0.1, 0.15) is 0 Å². The number of rotatable bonds is 4. The van der Waals surface area contributed by atoms with Crippen molar-refractivity contribution in [1.82, 2.24) is 4.90 Å². The molecule has 1 aromatic rings. The Morgan fingerprint density at radius 2 is 2.05 bits per heavy atom. The van der Waals surface area contributed by atoms with Gasteiger partial charge < -0.3 is 4.90 Å². The average Bonchev–Trinajstić information content (AvgIpc) is 2.33. The van der Waals surface area contributed by atoms with E-state index in [4.69, 9.17) is 5.14 Å². The molecule has 110 valence electrons. The van der Waals surface area contributed by atoms with E-state index in [2.05, 4.69) is 0 Å². The molecular weight excluding hydrogens is 276 g/mol. The van der Waals surface area contributed by atoms with E-state index in [0.29, 0.717) is 12.0 Å². The summed E-state index contributed by atoms with van der Waals surface area (Å²) in [5, 5.41) is 5.14. The molecule has 5 nitrogen and oxygen atoms in total. The highest BCUT2D eigenvalue weighted by molar-refractivity contribution is 7.89. The van der Waals surface area contributed by atoms with Crippen LogP contribution in [0.3, 0.4) is 0 Å². The van der Waals surface area contributed by atoms with E-state index >= 15 is 0 Å². The zero-order chi connectivity index (χ0) is 14.9. The number of amides is 1. The number of nitrogens with zero attached hydrogens (tertiary/aromatic N) is 1. The van der Waals surface area contributed by atoms with Crippen molar-refractivity contribution in [3.63, 3.8) is 0 Å². The number of carbonyl (C=O) groups is 1. The van der Waals surface area contributed by atoms with E-state index in [-0.39, 0.29) is 16.8 Å². The number of benzene rings is 1. The first-order valence-electron chi connectivity index (χ1n) is 6.77. The molecule has 1 aromatic carbocycles. The summed E-state index contributed by atoms with van der Waals surface area (Å²) < 4.78 is 22.9. The molecule has 0 radical (unpaired) electrons. The van der Waals surface area contributed by atoms with E-state index < -0.39 is 10.0 Å². The molecule has 2 N–H and O–H groups in total. The minimum Gasteiger partial charge on any atom is -0.339 e. The molecule has 1 amide bonds. The van der Waals surface area contributed by atoms with Gasteiger partial charge in [-0.3, -0.25) is 4.79 Å². The molecule has 1 saturated carbocycles. The van der Waals surface area contributed by atoms with Crippen LogP contribution in [-0.2, 0) is 16.4 Å². The van der Waals surface area contributed by atoms with Crippen LogP contribution in [0.5, 0.6) is 0 Å². The summed E-state index contributed by atoms with van der Waals surface area (Å²) in [6, 6.07) is 4.78. The van der Waals surface area contributed by atoms with Gasteiger partial charge in [0.05, 0.1) is 4.90 Å². The number of primary sulfonamides is 1. The van der Waals surface area contributed by atoms with Gasteiger partial charge in [-0.15, -0.1) is 0 Å². The summed E-state index contributed by atoms with van der Waals surface area (Å²) in [6.45, 7) is 1.94. The van der Waals surface area contributed by atoms with Gasteiger partial charge in [-0.25, -0.2) is 13.6 Å². The van der Waals surface area contributed by atoms with Gasteiger partial charge in [-0.1, -0.05) is 13.0 Å². The van der Waals surface area contributed by atoms with Crippen LogP contribution in [0.15, 0.2) is 23.1 Å². The number of nitrogens with two attached hydrogens (primary N) is 1. The SMILES string of the molecule is CCc1ccc(S(N)(=O)=O)cc1C(=O)N(C)C1CCC1. The van der Waals surface area contributed by atoms with Gasteiger partial charge in [0.25, 0.3) is 5.91 Å². The zero-order valence-electron chi connectivity index (χ0n) is 11.8. The number of sulfonamides is 1. The molecule has 1 aliphatic carbocycles. The standard InChI is InChI=1S/C14H20N2O3S/c1-3-10-7-8-12(20(15,18)19)9-13(10)14(17)16(2)11-5-4-6-11/h7-9,11H,3-6H2,1-2H3,(H2,15,18,19). The Labute approximate surface area is 119 Å². The lowest BCUT2D eigenvalue weighted by Gasteiger charge is -2.35. The molecule has 1 aliphatic rings. The molecule has 2 rings (SSSR count). The number of aryl methyl sites for hydroxylation is 1. The predicted molar refractivity (Wildman–Crippen MR) is 76.9 cm³/mol. The Kier molecular flexibility index (Phi) is 4.15. The third-order valence-corrected chi connectivity index (χ3v) is 4.87. The van der Waals surface area contributed by atoms with E-state index in [1.54, 1.807) is 18.0 Å². The molecule has 0 aromatic heterocycles. The smallest absolute Gasteiger partial charge is 0.254 e. The van der Waals surface area contributed by atoms with Gasteiger partial charge in [-0.05, 0) is 43.4 Å². The van der Waals surface area contributed by atoms with Crippen LogP contribution in [0.2, 0.25) is 0 Å². The molecule has 1 fully saturated rings. The molecule has 0 spiro atoms. The van der Waals surface area contributed by atoms with E-state index in [1.165, 1.54) is 12.1 Å². The fourth-order valence-corrected chi connectivity index (χ4v) is 2.91.